The molecule has 2 aliphatic rings. The smallest absolute Gasteiger partial charge is 0.237 e. The summed E-state index contributed by atoms with van der Waals surface area (Å²) in [5.74, 6) is 0.473. The highest BCUT2D eigenvalue weighted by molar-refractivity contribution is 7.90. The molecule has 25 heavy (non-hydrogen) atoms. The van der Waals surface area contributed by atoms with Gasteiger partial charge in [-0.15, -0.1) is 0 Å². The number of benzene rings is 3. The van der Waals surface area contributed by atoms with Crippen LogP contribution in [0.15, 0.2) is 88.8 Å². The highest BCUT2D eigenvalue weighted by Gasteiger charge is 2.47. The predicted octanol–water partition coefficient (Wildman–Crippen LogP) is 3.87. The molecule has 0 amide bonds. The number of rotatable bonds is 1. The van der Waals surface area contributed by atoms with Gasteiger partial charge in [-0.25, -0.2) is 17.7 Å². The van der Waals surface area contributed by atoms with E-state index in [-0.39, 0.29) is 6.04 Å². The molecule has 0 saturated carbocycles. The zero-order valence-corrected chi connectivity index (χ0v) is 14.0. The van der Waals surface area contributed by atoms with Gasteiger partial charge in [-0.2, -0.15) is 0 Å². The molecular weight excluding hydrogens is 332 g/mol. The maximum absolute atomic E-state index is 13.3. The first-order valence-corrected chi connectivity index (χ1v) is 9.48. The number of nitrogens with zero attached hydrogens (tertiary/aromatic N) is 2. The third-order valence-corrected chi connectivity index (χ3v) is 6.51. The van der Waals surface area contributed by atoms with E-state index in [1.807, 2.05) is 66.7 Å². The predicted molar refractivity (Wildman–Crippen MR) is 96.4 cm³/mol. The summed E-state index contributed by atoms with van der Waals surface area (Å²) in [6.45, 7) is 0. The highest BCUT2D eigenvalue weighted by Crippen LogP contribution is 2.49. The lowest BCUT2D eigenvalue weighted by Gasteiger charge is -2.32. The Hall–Kier alpha value is -2.92. The van der Waals surface area contributed by atoms with Crippen LogP contribution in [0.2, 0.25) is 0 Å². The van der Waals surface area contributed by atoms with E-state index in [9.17, 15) is 8.42 Å². The zero-order chi connectivity index (χ0) is 17.0. The van der Waals surface area contributed by atoms with Gasteiger partial charge in [-0.05, 0) is 12.1 Å². The molecule has 0 bridgehead atoms. The largest absolute Gasteiger partial charge is 0.266 e. The summed E-state index contributed by atoms with van der Waals surface area (Å²) in [5, 5.41) is 0. The van der Waals surface area contributed by atoms with Crippen molar-refractivity contribution < 1.29 is 8.42 Å². The summed E-state index contributed by atoms with van der Waals surface area (Å²) >= 11 is 0. The van der Waals surface area contributed by atoms with Crippen LogP contribution in [0.5, 0.6) is 0 Å². The van der Waals surface area contributed by atoms with Gasteiger partial charge in [0.15, 0.2) is 5.84 Å². The molecule has 2 heterocycles. The highest BCUT2D eigenvalue weighted by atomic mass is 32.2. The minimum absolute atomic E-state index is 0.361. The molecule has 0 saturated heterocycles. The summed E-state index contributed by atoms with van der Waals surface area (Å²) in [7, 11) is -3.64. The van der Waals surface area contributed by atoms with Crippen LogP contribution in [-0.4, -0.2) is 18.6 Å². The zero-order valence-electron chi connectivity index (χ0n) is 13.2. The quantitative estimate of drug-likeness (QED) is 0.671. The second-order valence-corrected chi connectivity index (χ2v) is 7.88. The average Bonchev–Trinajstić information content (AvgIpc) is 2.90. The van der Waals surface area contributed by atoms with Crippen molar-refractivity contribution in [3.8, 4) is 0 Å². The van der Waals surface area contributed by atoms with E-state index in [2.05, 4.69) is 0 Å². The van der Waals surface area contributed by atoms with Gasteiger partial charge >= 0.3 is 0 Å². The number of para-hydroxylation sites is 1. The number of aliphatic imine (C=N–C) groups is 1. The average molecular weight is 346 g/mol. The van der Waals surface area contributed by atoms with Crippen LogP contribution in [0.1, 0.15) is 22.7 Å². The minimum Gasteiger partial charge on any atom is -0.237 e. The molecule has 0 N–H and O–H groups in total. The summed E-state index contributed by atoms with van der Waals surface area (Å²) in [5.41, 5.74) is 3.32. The van der Waals surface area contributed by atoms with Gasteiger partial charge < -0.3 is 0 Å². The second kappa shape index (κ2) is 5.04. The van der Waals surface area contributed by atoms with E-state index < -0.39 is 10.0 Å². The fourth-order valence-electron chi connectivity index (χ4n) is 3.61. The van der Waals surface area contributed by atoms with E-state index in [4.69, 9.17) is 4.99 Å². The van der Waals surface area contributed by atoms with Crippen molar-refractivity contribution >= 4 is 21.5 Å². The standard InChI is InChI=1S/C20H14N2O2S/c23-25(24)18-13-7-5-11-16(18)19-15-10-4-6-12-17(15)21-20(22(19)25)14-8-2-1-3-9-14/h1-13,19H/t19-/m0/s1. The van der Waals surface area contributed by atoms with Crippen molar-refractivity contribution in [1.29, 1.82) is 0 Å². The van der Waals surface area contributed by atoms with Gasteiger partial charge in [0.25, 0.3) is 10.0 Å². The Morgan fingerprint density at radius 2 is 1.40 bits per heavy atom. The molecule has 122 valence electrons. The van der Waals surface area contributed by atoms with Crippen LogP contribution < -0.4 is 0 Å². The topological polar surface area (TPSA) is 49.7 Å². The molecule has 5 rings (SSSR count). The Morgan fingerprint density at radius 3 is 2.20 bits per heavy atom. The van der Waals surface area contributed by atoms with Crippen molar-refractivity contribution in [3.05, 3.63) is 95.6 Å². The van der Waals surface area contributed by atoms with E-state index in [1.165, 1.54) is 4.31 Å². The lowest BCUT2D eigenvalue weighted by Crippen LogP contribution is -2.37. The number of hydrogen-bond acceptors (Lipinski definition) is 3. The van der Waals surface area contributed by atoms with Crippen molar-refractivity contribution in [2.45, 2.75) is 10.9 Å². The van der Waals surface area contributed by atoms with Gasteiger partial charge in [0.2, 0.25) is 0 Å². The number of fused-ring (bicyclic) bond motifs is 5. The van der Waals surface area contributed by atoms with E-state index in [0.717, 1.165) is 22.4 Å². The molecule has 3 aromatic carbocycles. The molecule has 2 aliphatic heterocycles. The Kier molecular flexibility index (Phi) is 2.91. The lowest BCUT2D eigenvalue weighted by atomic mass is 9.95. The molecule has 0 fully saturated rings. The van der Waals surface area contributed by atoms with Crippen LogP contribution in [0.4, 0.5) is 5.69 Å². The molecule has 5 heteroatoms. The summed E-state index contributed by atoms with van der Waals surface area (Å²) in [4.78, 5) is 5.06. The van der Waals surface area contributed by atoms with Crippen molar-refractivity contribution in [3.63, 3.8) is 0 Å². The molecule has 1 atom stereocenters. The Labute approximate surface area is 146 Å². The van der Waals surface area contributed by atoms with E-state index in [0.29, 0.717) is 10.7 Å². The Bertz CT molecular complexity index is 1120. The molecular formula is C20H14N2O2S. The van der Waals surface area contributed by atoms with Crippen LogP contribution in [-0.2, 0) is 10.0 Å². The number of sulfonamides is 1. The molecule has 0 aromatic heterocycles. The fourth-order valence-corrected chi connectivity index (χ4v) is 5.42. The van der Waals surface area contributed by atoms with Gasteiger partial charge in [0.05, 0.1) is 10.6 Å². The monoisotopic (exact) mass is 346 g/mol. The molecule has 0 spiro atoms. The van der Waals surface area contributed by atoms with Gasteiger partial charge in [-0.1, -0.05) is 66.7 Å². The van der Waals surface area contributed by atoms with Crippen molar-refractivity contribution in [2.24, 2.45) is 4.99 Å². The third kappa shape index (κ3) is 1.93. The molecule has 0 aliphatic carbocycles. The van der Waals surface area contributed by atoms with Crippen molar-refractivity contribution in [2.75, 3.05) is 0 Å². The Balaban J connectivity index is 1.86. The summed E-state index contributed by atoms with van der Waals surface area (Å²) < 4.78 is 28.0. The van der Waals surface area contributed by atoms with Crippen LogP contribution in [0, 0.1) is 0 Å². The second-order valence-electron chi connectivity index (χ2n) is 6.10. The number of hydrogen-bond donors (Lipinski definition) is 0. The van der Waals surface area contributed by atoms with Gasteiger partial charge in [0, 0.05) is 16.7 Å². The molecule has 4 nitrogen and oxygen atoms in total. The first kappa shape index (κ1) is 14.4. The summed E-state index contributed by atoms with van der Waals surface area (Å²) in [6, 6.07) is 24.1. The van der Waals surface area contributed by atoms with Gasteiger partial charge in [0.1, 0.15) is 6.04 Å². The van der Waals surface area contributed by atoms with Crippen LogP contribution in [0.3, 0.4) is 0 Å². The molecule has 0 unspecified atom stereocenters. The fraction of sp³-hybridized carbons (Fsp3) is 0.0500. The summed E-state index contributed by atoms with van der Waals surface area (Å²) in [6.07, 6.45) is 0. The van der Waals surface area contributed by atoms with Crippen LogP contribution in [0.25, 0.3) is 0 Å². The minimum atomic E-state index is -3.64. The lowest BCUT2D eigenvalue weighted by molar-refractivity contribution is 0.498. The van der Waals surface area contributed by atoms with E-state index >= 15 is 0 Å². The third-order valence-electron chi connectivity index (χ3n) is 4.68. The molecule has 0 radical (unpaired) electrons. The normalized spacial score (nSPS) is 19.6. The first-order valence-electron chi connectivity index (χ1n) is 8.04. The maximum Gasteiger partial charge on any atom is 0.266 e. The maximum atomic E-state index is 13.3. The van der Waals surface area contributed by atoms with Crippen LogP contribution >= 0.6 is 0 Å². The van der Waals surface area contributed by atoms with Crippen molar-refractivity contribution in [1.82, 2.24) is 4.31 Å². The SMILES string of the molecule is O=S1(=O)c2ccccc2[C@@H]2c3ccccc3N=C(c3ccccc3)N21. The first-order chi connectivity index (χ1) is 12.2. The van der Waals surface area contributed by atoms with Gasteiger partial charge in [-0.3, -0.25) is 0 Å². The molecule has 3 aromatic rings. The number of amidine groups is 1. The Morgan fingerprint density at radius 1 is 0.760 bits per heavy atom. The van der Waals surface area contributed by atoms with E-state index in [1.54, 1.807) is 12.1 Å².